The van der Waals surface area contributed by atoms with Crippen molar-refractivity contribution in [1.29, 1.82) is 0 Å². The number of hydrogen-bond donors (Lipinski definition) is 2. The molecule has 0 saturated carbocycles. The number of pyridine rings is 1. The van der Waals surface area contributed by atoms with Crippen molar-refractivity contribution in [1.82, 2.24) is 20.1 Å². The molecule has 1 saturated heterocycles. The van der Waals surface area contributed by atoms with Crippen molar-refractivity contribution < 1.29 is 19.4 Å². The van der Waals surface area contributed by atoms with Crippen LogP contribution in [-0.4, -0.2) is 50.3 Å². The summed E-state index contributed by atoms with van der Waals surface area (Å²) in [6, 6.07) is 1.43. The zero-order chi connectivity index (χ0) is 16.6. The number of hydrogen-bond acceptors (Lipinski definition) is 5. The first-order valence-electron chi connectivity index (χ1n) is 7.51. The van der Waals surface area contributed by atoms with Crippen LogP contribution in [-0.2, 0) is 0 Å². The van der Waals surface area contributed by atoms with Gasteiger partial charge in [0.1, 0.15) is 0 Å². The Kier molecular flexibility index (Phi) is 3.89. The molecule has 3 rings (SSSR count). The molecule has 0 bridgehead atoms. The van der Waals surface area contributed by atoms with Crippen molar-refractivity contribution in [2.75, 3.05) is 13.1 Å². The first-order valence-corrected chi connectivity index (χ1v) is 7.51. The van der Waals surface area contributed by atoms with E-state index < -0.39 is 12.1 Å². The molecule has 1 aliphatic rings. The zero-order valence-corrected chi connectivity index (χ0v) is 13.0. The van der Waals surface area contributed by atoms with Gasteiger partial charge >= 0.3 is 12.1 Å². The van der Waals surface area contributed by atoms with E-state index in [0.29, 0.717) is 30.0 Å². The molecule has 1 aliphatic heterocycles. The molecular weight excluding hydrogens is 300 g/mol. The summed E-state index contributed by atoms with van der Waals surface area (Å²) in [6.07, 6.45) is 1.48. The van der Waals surface area contributed by atoms with E-state index in [-0.39, 0.29) is 17.2 Å². The lowest BCUT2D eigenvalue weighted by Gasteiger charge is -2.29. The molecule has 0 aliphatic carbocycles. The van der Waals surface area contributed by atoms with Crippen LogP contribution in [0.1, 0.15) is 35.8 Å². The Morgan fingerprint density at radius 3 is 2.74 bits per heavy atom. The highest BCUT2D eigenvalue weighted by Crippen LogP contribution is 2.26. The zero-order valence-electron chi connectivity index (χ0n) is 13.0. The number of ether oxygens (including phenoxy) is 1. The molecule has 0 atom stereocenters. The average molecular weight is 318 g/mol. The van der Waals surface area contributed by atoms with Gasteiger partial charge in [-0.15, -0.1) is 5.10 Å². The molecule has 2 N–H and O–H groups in total. The third kappa shape index (κ3) is 2.96. The minimum absolute atomic E-state index is 0.0819. The molecule has 0 aromatic carbocycles. The van der Waals surface area contributed by atoms with Gasteiger partial charge in [0.15, 0.2) is 11.3 Å². The summed E-state index contributed by atoms with van der Waals surface area (Å²) >= 11 is 0. The van der Waals surface area contributed by atoms with E-state index in [1.54, 1.807) is 11.8 Å². The summed E-state index contributed by atoms with van der Waals surface area (Å²) in [6.45, 7) is 5.23. The van der Waals surface area contributed by atoms with Crippen LogP contribution in [0.15, 0.2) is 6.07 Å². The van der Waals surface area contributed by atoms with E-state index in [9.17, 15) is 9.59 Å². The predicted molar refractivity (Wildman–Crippen MR) is 81.6 cm³/mol. The lowest BCUT2D eigenvalue weighted by Crippen LogP contribution is -2.39. The topological polar surface area (TPSA) is 108 Å². The van der Waals surface area contributed by atoms with Crippen LogP contribution in [0.25, 0.3) is 11.0 Å². The Hall–Kier alpha value is -2.64. The summed E-state index contributed by atoms with van der Waals surface area (Å²) in [4.78, 5) is 28.9. The number of aromatic amines is 1. The number of amides is 1. The fourth-order valence-electron chi connectivity index (χ4n) is 2.70. The number of carboxylic acids is 1. The minimum Gasteiger partial charge on any atom is -0.477 e. The molecule has 0 unspecified atom stereocenters. The minimum atomic E-state index is -1.12. The molecule has 2 aromatic rings. The molecule has 0 radical (unpaired) electrons. The number of aromatic carboxylic acids is 1. The van der Waals surface area contributed by atoms with Gasteiger partial charge in [-0.1, -0.05) is 6.92 Å². The first-order chi connectivity index (χ1) is 11.0. The van der Waals surface area contributed by atoms with E-state index >= 15 is 0 Å². The number of fused-ring (bicyclic) bond motifs is 1. The monoisotopic (exact) mass is 318 g/mol. The van der Waals surface area contributed by atoms with Crippen molar-refractivity contribution >= 4 is 23.1 Å². The van der Waals surface area contributed by atoms with Gasteiger partial charge in [0.25, 0.3) is 5.88 Å². The Labute approximate surface area is 132 Å². The van der Waals surface area contributed by atoms with Crippen LogP contribution in [0.5, 0.6) is 5.88 Å². The summed E-state index contributed by atoms with van der Waals surface area (Å²) in [7, 11) is 0. The third-order valence-electron chi connectivity index (χ3n) is 4.14. The number of H-pyrrole nitrogens is 1. The molecular formula is C15H18N4O4. The van der Waals surface area contributed by atoms with Crippen LogP contribution in [0, 0.1) is 12.8 Å². The number of carbonyl (C=O) groups excluding carboxylic acids is 1. The van der Waals surface area contributed by atoms with Gasteiger partial charge < -0.3 is 14.7 Å². The van der Waals surface area contributed by atoms with Crippen LogP contribution in [0.3, 0.4) is 0 Å². The predicted octanol–water partition coefficient (Wildman–Crippen LogP) is 2.20. The number of aryl methyl sites for hydroxylation is 1. The third-order valence-corrected chi connectivity index (χ3v) is 4.14. The number of rotatable bonds is 2. The second-order valence-electron chi connectivity index (χ2n) is 5.92. The Morgan fingerprint density at radius 1 is 1.39 bits per heavy atom. The summed E-state index contributed by atoms with van der Waals surface area (Å²) in [5.74, 6) is -0.373. The molecule has 1 amide bonds. The standard InChI is InChI=1S/C15H18N4O4/c1-8-3-5-19(6-4-8)15(22)23-13-11-9(2)7-10(14(20)21)16-12(11)17-18-13/h7-8H,3-6H2,1-2H3,(H,20,21)(H,16,17,18). The van der Waals surface area contributed by atoms with E-state index in [1.165, 1.54) is 6.07 Å². The van der Waals surface area contributed by atoms with Crippen LogP contribution < -0.4 is 4.74 Å². The van der Waals surface area contributed by atoms with E-state index in [0.717, 1.165) is 12.8 Å². The SMILES string of the molecule is Cc1cc(C(=O)O)nc2[nH]nc(OC(=O)N3CCC(C)CC3)c12. The quantitative estimate of drug-likeness (QED) is 0.878. The van der Waals surface area contributed by atoms with E-state index in [1.807, 2.05) is 0 Å². The normalized spacial score (nSPS) is 15.8. The van der Waals surface area contributed by atoms with Gasteiger partial charge in [-0.25, -0.2) is 14.6 Å². The van der Waals surface area contributed by atoms with Crippen LogP contribution in [0.2, 0.25) is 0 Å². The number of nitrogens with zero attached hydrogens (tertiary/aromatic N) is 3. The van der Waals surface area contributed by atoms with Crippen LogP contribution >= 0.6 is 0 Å². The van der Waals surface area contributed by atoms with Crippen molar-refractivity contribution in [3.63, 3.8) is 0 Å². The summed E-state index contributed by atoms with van der Waals surface area (Å²) < 4.78 is 5.38. The maximum absolute atomic E-state index is 12.2. The summed E-state index contributed by atoms with van der Waals surface area (Å²) in [5, 5.41) is 16.1. The summed E-state index contributed by atoms with van der Waals surface area (Å²) in [5.41, 5.74) is 0.843. The number of piperidine rings is 1. The molecule has 2 aromatic heterocycles. The van der Waals surface area contributed by atoms with Gasteiger partial charge in [-0.2, -0.15) is 0 Å². The largest absolute Gasteiger partial charge is 0.477 e. The van der Waals surface area contributed by atoms with Crippen molar-refractivity contribution in [3.05, 3.63) is 17.3 Å². The van der Waals surface area contributed by atoms with Gasteiger partial charge in [0, 0.05) is 13.1 Å². The highest BCUT2D eigenvalue weighted by molar-refractivity contribution is 5.92. The van der Waals surface area contributed by atoms with Crippen molar-refractivity contribution in [2.45, 2.75) is 26.7 Å². The number of likely N-dealkylation sites (tertiary alicyclic amines) is 1. The fourth-order valence-corrected chi connectivity index (χ4v) is 2.70. The van der Waals surface area contributed by atoms with Gasteiger partial charge in [-0.05, 0) is 37.3 Å². The second kappa shape index (κ2) is 5.86. The Morgan fingerprint density at radius 2 is 2.09 bits per heavy atom. The molecule has 3 heterocycles. The van der Waals surface area contributed by atoms with Crippen molar-refractivity contribution in [2.24, 2.45) is 5.92 Å². The smallest absolute Gasteiger partial charge is 0.416 e. The van der Waals surface area contributed by atoms with Gasteiger partial charge in [-0.3, -0.25) is 5.10 Å². The number of carbonyl (C=O) groups is 2. The van der Waals surface area contributed by atoms with Crippen LogP contribution in [0.4, 0.5) is 4.79 Å². The van der Waals surface area contributed by atoms with E-state index in [4.69, 9.17) is 9.84 Å². The highest BCUT2D eigenvalue weighted by Gasteiger charge is 2.24. The highest BCUT2D eigenvalue weighted by atomic mass is 16.6. The van der Waals surface area contributed by atoms with E-state index in [2.05, 4.69) is 22.1 Å². The Bertz CT molecular complexity index is 762. The molecule has 122 valence electrons. The van der Waals surface area contributed by atoms with Gasteiger partial charge in [0.05, 0.1) is 5.39 Å². The molecule has 0 spiro atoms. The van der Waals surface area contributed by atoms with Crippen molar-refractivity contribution in [3.8, 4) is 5.88 Å². The molecule has 8 heteroatoms. The van der Waals surface area contributed by atoms with Gasteiger partial charge in [0.2, 0.25) is 0 Å². The number of nitrogens with one attached hydrogen (secondary N) is 1. The number of carboxylic acid groups (broad SMARTS) is 1. The first kappa shape index (κ1) is 15.3. The maximum atomic E-state index is 12.2. The molecule has 1 fully saturated rings. The lowest BCUT2D eigenvalue weighted by atomic mass is 10.00. The second-order valence-corrected chi connectivity index (χ2v) is 5.92. The average Bonchev–Trinajstić information content (AvgIpc) is 2.91. The fraction of sp³-hybridized carbons (Fsp3) is 0.467. The molecule has 8 nitrogen and oxygen atoms in total. The maximum Gasteiger partial charge on any atom is 0.416 e. The Balaban J connectivity index is 1.83. The number of aromatic nitrogens is 3. The molecule has 23 heavy (non-hydrogen) atoms. The lowest BCUT2D eigenvalue weighted by molar-refractivity contribution is 0.0690.